The molecule has 0 spiro atoms. The number of benzene rings is 1. The molecular weight excluding hydrogens is 131 g/mol. The molecule has 0 bridgehead atoms. The van der Waals surface area contributed by atoms with Crippen molar-refractivity contribution in [2.75, 3.05) is 6.61 Å². The summed E-state index contributed by atoms with van der Waals surface area (Å²) in [6.45, 7) is 2.39. The van der Waals surface area contributed by atoms with Crippen molar-refractivity contribution in [3.63, 3.8) is 0 Å². The summed E-state index contributed by atoms with van der Waals surface area (Å²) in [5.41, 5.74) is 0. The Labute approximate surface area is 59.4 Å². The van der Waals surface area contributed by atoms with Crippen molar-refractivity contribution in [2.24, 2.45) is 0 Å². The fraction of sp³-hybridized carbons (Fsp3) is 0.250. The minimum Gasteiger partial charge on any atom is -0.493 e. The largest absolute Gasteiger partial charge is 0.493 e. The Balaban J connectivity index is 2.75. The van der Waals surface area contributed by atoms with Crippen LogP contribution in [0.5, 0.6) is 5.75 Å². The number of hydrogen-bond donors (Lipinski definition) is 0. The first-order valence-electron chi connectivity index (χ1n) is 3.13. The van der Waals surface area contributed by atoms with Gasteiger partial charge in [0, 0.05) is 12.1 Å². The molecule has 53 valence electrons. The van der Waals surface area contributed by atoms with Crippen molar-refractivity contribution in [1.29, 1.82) is 0 Å². The van der Waals surface area contributed by atoms with Crippen molar-refractivity contribution in [2.45, 2.75) is 6.92 Å². The summed E-state index contributed by atoms with van der Waals surface area (Å²) in [5, 5.41) is 0. The van der Waals surface area contributed by atoms with Crippen LogP contribution >= 0.6 is 0 Å². The van der Waals surface area contributed by atoms with Gasteiger partial charge in [-0.2, -0.15) is 0 Å². The smallest absolute Gasteiger partial charge is 0.130 e. The first kappa shape index (κ1) is 7.06. The maximum Gasteiger partial charge on any atom is 0.130 e. The van der Waals surface area contributed by atoms with Gasteiger partial charge in [0.1, 0.15) is 11.6 Å². The molecule has 0 saturated heterocycles. The molecule has 2 heteroatoms. The van der Waals surface area contributed by atoms with E-state index in [0.717, 1.165) is 0 Å². The van der Waals surface area contributed by atoms with Gasteiger partial charge in [-0.15, -0.1) is 0 Å². The van der Waals surface area contributed by atoms with E-state index in [1.165, 1.54) is 18.2 Å². The Morgan fingerprint density at radius 2 is 2.50 bits per heavy atom. The van der Waals surface area contributed by atoms with Crippen molar-refractivity contribution in [3.05, 3.63) is 30.1 Å². The van der Waals surface area contributed by atoms with Crippen LogP contribution in [0.3, 0.4) is 0 Å². The Kier molecular flexibility index (Phi) is 2.26. The van der Waals surface area contributed by atoms with Crippen LogP contribution in [0.4, 0.5) is 4.39 Å². The van der Waals surface area contributed by atoms with Crippen molar-refractivity contribution in [1.82, 2.24) is 0 Å². The molecular formula is C8H8FO. The van der Waals surface area contributed by atoms with Gasteiger partial charge < -0.3 is 4.74 Å². The summed E-state index contributed by atoms with van der Waals surface area (Å²) in [6.07, 6.45) is 0. The zero-order chi connectivity index (χ0) is 7.40. The van der Waals surface area contributed by atoms with Crippen LogP contribution in [0.25, 0.3) is 0 Å². The maximum absolute atomic E-state index is 12.4. The number of rotatable bonds is 2. The number of ether oxygens (including phenoxy) is 1. The lowest BCUT2D eigenvalue weighted by molar-refractivity contribution is 0.337. The highest BCUT2D eigenvalue weighted by atomic mass is 19.1. The van der Waals surface area contributed by atoms with Gasteiger partial charge in [0.2, 0.25) is 0 Å². The minimum atomic E-state index is -0.290. The zero-order valence-electron chi connectivity index (χ0n) is 5.73. The van der Waals surface area contributed by atoms with Crippen LogP contribution < -0.4 is 4.74 Å². The van der Waals surface area contributed by atoms with E-state index < -0.39 is 0 Å². The van der Waals surface area contributed by atoms with Gasteiger partial charge in [-0.25, -0.2) is 4.39 Å². The molecule has 1 nitrogen and oxygen atoms in total. The molecule has 10 heavy (non-hydrogen) atoms. The van der Waals surface area contributed by atoms with Gasteiger partial charge >= 0.3 is 0 Å². The molecule has 0 atom stereocenters. The quantitative estimate of drug-likeness (QED) is 0.609. The third-order valence-corrected chi connectivity index (χ3v) is 1.04. The fourth-order valence-corrected chi connectivity index (χ4v) is 0.657. The van der Waals surface area contributed by atoms with Crippen LogP contribution in [-0.2, 0) is 0 Å². The van der Waals surface area contributed by atoms with Gasteiger partial charge in [-0.1, -0.05) is 0 Å². The van der Waals surface area contributed by atoms with E-state index in [4.69, 9.17) is 4.74 Å². The predicted molar refractivity (Wildman–Crippen MR) is 36.4 cm³/mol. The molecule has 0 heterocycles. The van der Waals surface area contributed by atoms with Crippen molar-refractivity contribution in [3.8, 4) is 5.75 Å². The van der Waals surface area contributed by atoms with E-state index in [0.29, 0.717) is 12.4 Å². The lowest BCUT2D eigenvalue weighted by Gasteiger charge is -1.99. The SMILES string of the molecule is CCOc1[c]ccc(F)c1. The molecule has 0 aliphatic carbocycles. The Morgan fingerprint density at radius 1 is 1.70 bits per heavy atom. The molecule has 0 saturated carbocycles. The lowest BCUT2D eigenvalue weighted by Crippen LogP contribution is -1.91. The monoisotopic (exact) mass is 139 g/mol. The van der Waals surface area contributed by atoms with Crippen LogP contribution in [0.1, 0.15) is 6.92 Å². The van der Waals surface area contributed by atoms with Gasteiger partial charge in [0.25, 0.3) is 0 Å². The molecule has 0 aromatic heterocycles. The van der Waals surface area contributed by atoms with Gasteiger partial charge in [0.15, 0.2) is 0 Å². The molecule has 1 rings (SSSR count). The first-order valence-corrected chi connectivity index (χ1v) is 3.13. The van der Waals surface area contributed by atoms with Crippen LogP contribution in [0.2, 0.25) is 0 Å². The average Bonchev–Trinajstić information content (AvgIpc) is 1.88. The van der Waals surface area contributed by atoms with Gasteiger partial charge in [-0.05, 0) is 19.1 Å². The third-order valence-electron chi connectivity index (χ3n) is 1.04. The standard InChI is InChI=1S/C8H8FO/c1-2-10-8-5-3-4-7(9)6-8/h3-4,6H,2H2,1H3. The molecule has 0 amide bonds. The van der Waals surface area contributed by atoms with E-state index in [-0.39, 0.29) is 5.82 Å². The average molecular weight is 139 g/mol. The molecule has 0 aliphatic rings. The summed E-state index contributed by atoms with van der Waals surface area (Å²) >= 11 is 0. The summed E-state index contributed by atoms with van der Waals surface area (Å²) in [4.78, 5) is 0. The Bertz CT molecular complexity index is 210. The van der Waals surface area contributed by atoms with Gasteiger partial charge in [0.05, 0.1) is 6.61 Å². The maximum atomic E-state index is 12.4. The molecule has 1 radical (unpaired) electrons. The Hall–Kier alpha value is -1.05. The summed E-state index contributed by atoms with van der Waals surface area (Å²) in [7, 11) is 0. The fourth-order valence-electron chi connectivity index (χ4n) is 0.657. The predicted octanol–water partition coefficient (Wildman–Crippen LogP) is 2.02. The van der Waals surface area contributed by atoms with E-state index in [1.807, 2.05) is 6.92 Å². The number of halogens is 1. The van der Waals surface area contributed by atoms with Crippen LogP contribution in [0, 0.1) is 11.9 Å². The summed E-state index contributed by atoms with van der Waals surface area (Å²) in [6, 6.07) is 6.89. The zero-order valence-corrected chi connectivity index (χ0v) is 5.73. The van der Waals surface area contributed by atoms with Crippen LogP contribution in [-0.4, -0.2) is 6.61 Å². The summed E-state index contributed by atoms with van der Waals surface area (Å²) < 4.78 is 17.4. The third kappa shape index (κ3) is 1.72. The Morgan fingerprint density at radius 3 is 3.10 bits per heavy atom. The second-order valence-corrected chi connectivity index (χ2v) is 1.80. The molecule has 0 N–H and O–H groups in total. The molecule has 1 aromatic rings. The normalized spacial score (nSPS) is 9.40. The van der Waals surface area contributed by atoms with Crippen LogP contribution in [0.15, 0.2) is 18.2 Å². The van der Waals surface area contributed by atoms with E-state index >= 15 is 0 Å². The molecule has 0 fully saturated rings. The number of hydrogen-bond acceptors (Lipinski definition) is 1. The topological polar surface area (TPSA) is 9.23 Å². The molecule has 0 aliphatic heterocycles. The first-order chi connectivity index (χ1) is 4.83. The minimum absolute atomic E-state index is 0.290. The van der Waals surface area contributed by atoms with E-state index in [2.05, 4.69) is 6.07 Å². The second-order valence-electron chi connectivity index (χ2n) is 1.80. The highest BCUT2D eigenvalue weighted by molar-refractivity contribution is 5.20. The summed E-state index contributed by atoms with van der Waals surface area (Å²) in [5.74, 6) is 0.171. The molecule has 1 aromatic carbocycles. The van der Waals surface area contributed by atoms with E-state index in [1.54, 1.807) is 0 Å². The van der Waals surface area contributed by atoms with Crippen molar-refractivity contribution < 1.29 is 9.13 Å². The highest BCUT2D eigenvalue weighted by Crippen LogP contribution is 2.10. The van der Waals surface area contributed by atoms with E-state index in [9.17, 15) is 4.39 Å². The second kappa shape index (κ2) is 3.20. The van der Waals surface area contributed by atoms with Crippen molar-refractivity contribution >= 4 is 0 Å². The van der Waals surface area contributed by atoms with Gasteiger partial charge in [-0.3, -0.25) is 0 Å². The molecule has 0 unspecified atom stereocenters. The lowest BCUT2D eigenvalue weighted by atomic mass is 10.3. The highest BCUT2D eigenvalue weighted by Gasteiger charge is 1.92.